The number of rotatable bonds is 7. The van der Waals surface area contributed by atoms with E-state index < -0.39 is 11.6 Å². The molecule has 0 aromatic carbocycles. The zero-order valence-electron chi connectivity index (χ0n) is 11.0. The summed E-state index contributed by atoms with van der Waals surface area (Å²) >= 11 is 0. The summed E-state index contributed by atoms with van der Waals surface area (Å²) in [5.41, 5.74) is 0. The van der Waals surface area contributed by atoms with Crippen LogP contribution < -0.4 is 16.0 Å². The zero-order valence-corrected chi connectivity index (χ0v) is 11.0. The number of hydrogen-bond acceptors (Lipinski definition) is 4. The second kappa shape index (κ2) is 7.50. The normalized spacial score (nSPS) is 10.1. The smallest absolute Gasteiger partial charge is 0.221 e. The fourth-order valence-electron chi connectivity index (χ4n) is 1.41. The van der Waals surface area contributed by atoms with Crippen molar-refractivity contribution in [3.8, 4) is 0 Å². The average Bonchev–Trinajstić information content (AvgIpc) is 2.38. The maximum absolute atomic E-state index is 13.4. The van der Waals surface area contributed by atoms with Gasteiger partial charge in [-0.2, -0.15) is 0 Å². The van der Waals surface area contributed by atoms with Crippen LogP contribution in [0.1, 0.15) is 19.8 Å². The molecule has 0 spiro atoms. The third-order valence-corrected chi connectivity index (χ3v) is 2.38. The lowest BCUT2D eigenvalue weighted by atomic mass is 10.3. The first-order valence-corrected chi connectivity index (χ1v) is 6.12. The SMILES string of the molecule is CCCNC(=O)CCNc1nc(NC)c(F)cc1F. The first-order chi connectivity index (χ1) is 9.08. The first-order valence-electron chi connectivity index (χ1n) is 6.12. The molecule has 1 heterocycles. The van der Waals surface area contributed by atoms with Crippen LogP contribution in [-0.2, 0) is 4.79 Å². The minimum atomic E-state index is -0.787. The Balaban J connectivity index is 2.51. The van der Waals surface area contributed by atoms with Crippen LogP contribution in [0.4, 0.5) is 20.4 Å². The Morgan fingerprint density at radius 3 is 2.58 bits per heavy atom. The molecule has 7 heteroatoms. The quantitative estimate of drug-likeness (QED) is 0.707. The van der Waals surface area contributed by atoms with Crippen molar-refractivity contribution in [3.05, 3.63) is 17.7 Å². The summed E-state index contributed by atoms with van der Waals surface area (Å²) < 4.78 is 26.6. The summed E-state index contributed by atoms with van der Waals surface area (Å²) in [5.74, 6) is -1.78. The van der Waals surface area contributed by atoms with Crippen molar-refractivity contribution in [1.29, 1.82) is 0 Å². The number of anilines is 2. The molecule has 0 unspecified atom stereocenters. The van der Waals surface area contributed by atoms with Gasteiger partial charge in [-0.3, -0.25) is 4.79 Å². The Kier molecular flexibility index (Phi) is 5.98. The van der Waals surface area contributed by atoms with E-state index in [1.807, 2.05) is 6.92 Å². The Hall–Kier alpha value is -1.92. The van der Waals surface area contributed by atoms with Crippen LogP contribution in [0.15, 0.2) is 6.07 Å². The predicted molar refractivity (Wildman–Crippen MR) is 70.1 cm³/mol. The number of hydrogen-bond donors (Lipinski definition) is 3. The second-order valence-electron chi connectivity index (χ2n) is 3.93. The standard InChI is InChI=1S/C12H18F2N4O/c1-3-5-16-10(19)4-6-17-12-9(14)7-8(13)11(15-2)18-12/h7H,3-6H2,1-2H3,(H,16,19)(H2,15,17,18). The lowest BCUT2D eigenvalue weighted by Gasteiger charge is -2.09. The van der Waals surface area contributed by atoms with E-state index in [1.165, 1.54) is 7.05 Å². The summed E-state index contributed by atoms with van der Waals surface area (Å²) in [6, 6.07) is 0.748. The van der Waals surface area contributed by atoms with Gasteiger partial charge in [0.25, 0.3) is 0 Å². The van der Waals surface area contributed by atoms with Gasteiger partial charge in [-0.15, -0.1) is 0 Å². The highest BCUT2D eigenvalue weighted by atomic mass is 19.1. The fraction of sp³-hybridized carbons (Fsp3) is 0.500. The molecule has 3 N–H and O–H groups in total. The number of nitrogens with zero attached hydrogens (tertiary/aromatic N) is 1. The fourth-order valence-corrected chi connectivity index (χ4v) is 1.41. The van der Waals surface area contributed by atoms with E-state index in [1.54, 1.807) is 0 Å². The van der Waals surface area contributed by atoms with Crippen molar-refractivity contribution < 1.29 is 13.6 Å². The minimum absolute atomic E-state index is 0.0423. The van der Waals surface area contributed by atoms with E-state index in [0.29, 0.717) is 6.54 Å². The van der Waals surface area contributed by atoms with Crippen LogP contribution in [-0.4, -0.2) is 31.0 Å². The molecule has 106 valence electrons. The molecule has 0 aliphatic heterocycles. The molecule has 0 saturated carbocycles. The Bertz CT molecular complexity index is 440. The molecule has 5 nitrogen and oxygen atoms in total. The molecule has 0 radical (unpaired) electrons. The highest BCUT2D eigenvalue weighted by Crippen LogP contribution is 2.18. The number of pyridine rings is 1. The van der Waals surface area contributed by atoms with Gasteiger partial charge < -0.3 is 16.0 Å². The monoisotopic (exact) mass is 272 g/mol. The van der Waals surface area contributed by atoms with Crippen LogP contribution >= 0.6 is 0 Å². The molecule has 0 saturated heterocycles. The van der Waals surface area contributed by atoms with Gasteiger partial charge in [0.05, 0.1) is 0 Å². The molecule has 19 heavy (non-hydrogen) atoms. The van der Waals surface area contributed by atoms with Crippen LogP contribution in [0, 0.1) is 11.6 Å². The van der Waals surface area contributed by atoms with Crippen molar-refractivity contribution in [2.75, 3.05) is 30.8 Å². The van der Waals surface area contributed by atoms with Gasteiger partial charge in [-0.05, 0) is 6.42 Å². The molecular weight excluding hydrogens is 254 g/mol. The van der Waals surface area contributed by atoms with Gasteiger partial charge in [0, 0.05) is 32.6 Å². The summed E-state index contributed by atoms with van der Waals surface area (Å²) in [6.07, 6.45) is 1.06. The summed E-state index contributed by atoms with van der Waals surface area (Å²) in [4.78, 5) is 15.1. The molecule has 1 aromatic heterocycles. The molecule has 0 fully saturated rings. The average molecular weight is 272 g/mol. The van der Waals surface area contributed by atoms with Crippen molar-refractivity contribution in [3.63, 3.8) is 0 Å². The van der Waals surface area contributed by atoms with Crippen molar-refractivity contribution in [1.82, 2.24) is 10.3 Å². The number of nitrogens with one attached hydrogen (secondary N) is 3. The summed E-state index contributed by atoms with van der Waals surface area (Å²) in [5, 5.41) is 7.89. The molecule has 0 aliphatic rings. The van der Waals surface area contributed by atoms with E-state index in [9.17, 15) is 13.6 Å². The van der Waals surface area contributed by atoms with Crippen molar-refractivity contribution >= 4 is 17.5 Å². The molecule has 1 amide bonds. The van der Waals surface area contributed by atoms with Crippen molar-refractivity contribution in [2.24, 2.45) is 0 Å². The maximum atomic E-state index is 13.4. The topological polar surface area (TPSA) is 66.0 Å². The third-order valence-electron chi connectivity index (χ3n) is 2.38. The Morgan fingerprint density at radius 1 is 1.26 bits per heavy atom. The maximum Gasteiger partial charge on any atom is 0.221 e. The number of carbonyl (C=O) groups is 1. The summed E-state index contributed by atoms with van der Waals surface area (Å²) in [6.45, 7) is 2.80. The number of halogens is 2. The van der Waals surface area contributed by atoms with E-state index in [0.717, 1.165) is 12.5 Å². The van der Waals surface area contributed by atoms with Gasteiger partial charge in [0.2, 0.25) is 5.91 Å². The zero-order chi connectivity index (χ0) is 14.3. The van der Waals surface area contributed by atoms with Gasteiger partial charge in [0.1, 0.15) is 0 Å². The Labute approximate surface area is 110 Å². The van der Waals surface area contributed by atoms with Crippen LogP contribution in [0.3, 0.4) is 0 Å². The van der Waals surface area contributed by atoms with E-state index in [2.05, 4.69) is 20.9 Å². The molecule has 1 rings (SSSR count). The lowest BCUT2D eigenvalue weighted by Crippen LogP contribution is -2.26. The number of aromatic nitrogens is 1. The molecule has 1 aromatic rings. The second-order valence-corrected chi connectivity index (χ2v) is 3.93. The van der Waals surface area contributed by atoms with Gasteiger partial charge in [-0.1, -0.05) is 6.92 Å². The van der Waals surface area contributed by atoms with E-state index >= 15 is 0 Å². The minimum Gasteiger partial charge on any atom is -0.371 e. The largest absolute Gasteiger partial charge is 0.371 e. The van der Waals surface area contributed by atoms with Gasteiger partial charge in [0.15, 0.2) is 23.3 Å². The highest BCUT2D eigenvalue weighted by Gasteiger charge is 2.10. The predicted octanol–water partition coefficient (Wildman–Crippen LogP) is 1.73. The van der Waals surface area contributed by atoms with Crippen molar-refractivity contribution in [2.45, 2.75) is 19.8 Å². The Morgan fingerprint density at radius 2 is 1.95 bits per heavy atom. The highest BCUT2D eigenvalue weighted by molar-refractivity contribution is 5.76. The van der Waals surface area contributed by atoms with E-state index in [-0.39, 0.29) is 30.5 Å². The van der Waals surface area contributed by atoms with Crippen LogP contribution in [0.2, 0.25) is 0 Å². The number of amides is 1. The van der Waals surface area contributed by atoms with Gasteiger partial charge in [-0.25, -0.2) is 13.8 Å². The lowest BCUT2D eigenvalue weighted by molar-refractivity contribution is -0.120. The van der Waals surface area contributed by atoms with Gasteiger partial charge >= 0.3 is 0 Å². The summed E-state index contributed by atoms with van der Waals surface area (Å²) in [7, 11) is 1.49. The first kappa shape index (κ1) is 15.1. The molecule has 0 bridgehead atoms. The third kappa shape index (κ3) is 4.69. The van der Waals surface area contributed by atoms with Crippen LogP contribution in [0.5, 0.6) is 0 Å². The molecular formula is C12H18F2N4O. The molecule has 0 atom stereocenters. The van der Waals surface area contributed by atoms with E-state index in [4.69, 9.17) is 0 Å². The van der Waals surface area contributed by atoms with Crippen LogP contribution in [0.25, 0.3) is 0 Å². The number of carbonyl (C=O) groups excluding carboxylic acids is 1. The molecule has 0 aliphatic carbocycles.